The van der Waals surface area contributed by atoms with Crippen LogP contribution in [0.2, 0.25) is 0 Å². The maximum Gasteiger partial charge on any atom is 0.226 e. The fourth-order valence-corrected chi connectivity index (χ4v) is 8.79. The Morgan fingerprint density at radius 3 is 0.989 bits per heavy atom. The molecule has 5 amide bonds. The summed E-state index contributed by atoms with van der Waals surface area (Å²) in [6.07, 6.45) is 2.33. The quantitative estimate of drug-likeness (QED) is 0.0538. The van der Waals surface area contributed by atoms with E-state index in [4.69, 9.17) is 22.9 Å². The van der Waals surface area contributed by atoms with Gasteiger partial charge in [0.25, 0.3) is 0 Å². The first-order valence-electron chi connectivity index (χ1n) is 34.5. The second kappa shape index (κ2) is 41.8. The lowest BCUT2D eigenvalue weighted by Gasteiger charge is -2.37. The van der Waals surface area contributed by atoms with Crippen LogP contribution in [0.25, 0.3) is 0 Å². The first-order valence-corrected chi connectivity index (χ1v) is 34.5. The average molecular weight is 1350 g/mol. The first-order chi connectivity index (χ1) is 42.0. The van der Waals surface area contributed by atoms with Gasteiger partial charge >= 0.3 is 0 Å². The Hall–Kier alpha value is -4.50. The average Bonchev–Trinajstić information content (AvgIpc) is 0.844. The van der Waals surface area contributed by atoms with Crippen LogP contribution in [-0.2, 0) is 47.9 Å². The number of Topliss-reactive ketones (excluding diaryl/α,β-unsaturated/α-hetero) is 5. The van der Waals surface area contributed by atoms with E-state index in [2.05, 4.69) is 67.6 Å². The van der Waals surface area contributed by atoms with Gasteiger partial charge in [-0.3, -0.25) is 47.9 Å². The van der Waals surface area contributed by atoms with Gasteiger partial charge in [-0.1, -0.05) is 187 Å². The Balaban J connectivity index is -0.000000355. The summed E-state index contributed by atoms with van der Waals surface area (Å²) in [6.45, 7) is 63.3. The number of rotatable bonds is 26. The van der Waals surface area contributed by atoms with Crippen LogP contribution in [-0.4, -0.2) is 188 Å². The molecular formula is C75H150N10O10. The number of hydrogen-bond donors (Lipinski definition) is 5. The number of hydrogen-bond acceptors (Lipinski definition) is 15. The lowest BCUT2D eigenvalue weighted by Crippen LogP contribution is -2.49. The molecule has 95 heavy (non-hydrogen) atoms. The Kier molecular flexibility index (Phi) is 43.6. The first kappa shape index (κ1) is 99.2. The predicted octanol–water partition coefficient (Wildman–Crippen LogP) is 10.8. The molecule has 0 saturated heterocycles. The fraction of sp³-hybridized carbons (Fsp3) is 0.867. The van der Waals surface area contributed by atoms with Crippen LogP contribution in [0.4, 0.5) is 0 Å². The van der Waals surface area contributed by atoms with Crippen molar-refractivity contribution in [1.29, 1.82) is 0 Å². The molecule has 0 saturated carbocycles. The van der Waals surface area contributed by atoms with Crippen LogP contribution >= 0.6 is 0 Å². The molecule has 0 aliphatic carbocycles. The van der Waals surface area contributed by atoms with Gasteiger partial charge in [-0.15, -0.1) is 0 Å². The smallest absolute Gasteiger partial charge is 0.226 e. The molecule has 0 aliphatic rings. The Bertz CT molecular complexity index is 2370. The molecule has 0 heterocycles. The summed E-state index contributed by atoms with van der Waals surface area (Å²) in [4.78, 5) is 129. The monoisotopic (exact) mass is 1350 g/mol. The van der Waals surface area contributed by atoms with Crippen molar-refractivity contribution in [1.82, 2.24) is 29.8 Å². The second-order valence-electron chi connectivity index (χ2n) is 36.6. The van der Waals surface area contributed by atoms with Gasteiger partial charge in [-0.25, -0.2) is 0 Å². The zero-order valence-electron chi connectivity index (χ0n) is 67.8. The van der Waals surface area contributed by atoms with Crippen LogP contribution in [0.5, 0.6) is 0 Å². The van der Waals surface area contributed by atoms with Gasteiger partial charge < -0.3 is 52.8 Å². The Morgan fingerprint density at radius 1 is 0.358 bits per heavy atom. The van der Waals surface area contributed by atoms with Crippen molar-refractivity contribution >= 4 is 58.5 Å². The van der Waals surface area contributed by atoms with E-state index >= 15 is 0 Å². The number of nitrogens with zero attached hydrogens (tertiary/aromatic N) is 5. The number of amides is 5. The van der Waals surface area contributed by atoms with Crippen LogP contribution in [0.3, 0.4) is 0 Å². The molecule has 560 valence electrons. The highest BCUT2D eigenvalue weighted by Gasteiger charge is 2.40. The number of carbonyl (C=O) groups is 10. The zero-order valence-corrected chi connectivity index (χ0v) is 67.8. The summed E-state index contributed by atoms with van der Waals surface area (Å²) >= 11 is 0. The molecular weight excluding hydrogens is 1200 g/mol. The molecule has 4 unspecified atom stereocenters. The van der Waals surface area contributed by atoms with E-state index in [0.29, 0.717) is 77.9 Å². The molecule has 0 aromatic heterocycles. The molecule has 9 N–H and O–H groups in total. The second-order valence-corrected chi connectivity index (χ2v) is 36.6. The third kappa shape index (κ3) is 44.9. The summed E-state index contributed by atoms with van der Waals surface area (Å²) in [5.74, 6) is 0.102. The van der Waals surface area contributed by atoms with E-state index in [9.17, 15) is 47.9 Å². The van der Waals surface area contributed by atoms with Gasteiger partial charge in [0.05, 0.1) is 0 Å². The molecule has 4 atom stereocenters. The fourth-order valence-electron chi connectivity index (χ4n) is 8.79. The van der Waals surface area contributed by atoms with E-state index in [1.54, 1.807) is 59.7 Å². The highest BCUT2D eigenvalue weighted by Crippen LogP contribution is 2.36. The van der Waals surface area contributed by atoms with Gasteiger partial charge in [-0.05, 0) is 42.4 Å². The normalized spacial score (nSPS) is 13.8. The van der Waals surface area contributed by atoms with Crippen molar-refractivity contribution < 1.29 is 47.9 Å². The van der Waals surface area contributed by atoms with Crippen molar-refractivity contribution in [3.63, 3.8) is 0 Å². The van der Waals surface area contributed by atoms with Crippen LogP contribution in [0.15, 0.2) is 0 Å². The van der Waals surface area contributed by atoms with Gasteiger partial charge in [0.1, 0.15) is 28.9 Å². The maximum atomic E-state index is 12.5. The molecule has 0 spiro atoms. The number of nitrogens with one attached hydrogen (secondary N) is 1. The predicted molar refractivity (Wildman–Crippen MR) is 394 cm³/mol. The van der Waals surface area contributed by atoms with E-state index < -0.39 is 10.8 Å². The van der Waals surface area contributed by atoms with Gasteiger partial charge in [0.2, 0.25) is 29.5 Å². The largest absolute Gasteiger partial charge is 0.344 e. The minimum absolute atomic E-state index is 0.00950. The van der Waals surface area contributed by atoms with Crippen molar-refractivity contribution in [2.75, 3.05) is 87.6 Å². The minimum Gasteiger partial charge on any atom is -0.344 e. The summed E-state index contributed by atoms with van der Waals surface area (Å²) in [6, 6.07) is -0.0792. The lowest BCUT2D eigenvalue weighted by atomic mass is 9.69. The number of likely N-dealkylation sites (N-methyl/N-ethyl adjacent to an activating group) is 5. The zero-order chi connectivity index (χ0) is 77.0. The molecule has 0 radical (unpaired) electrons. The van der Waals surface area contributed by atoms with E-state index in [-0.39, 0.29) is 145 Å². The van der Waals surface area contributed by atoms with Crippen LogP contribution in [0.1, 0.15) is 259 Å². The molecule has 20 heteroatoms. The van der Waals surface area contributed by atoms with Gasteiger partial charge in [0, 0.05) is 195 Å². The van der Waals surface area contributed by atoms with Crippen molar-refractivity contribution in [2.45, 2.75) is 277 Å². The third-order valence-electron chi connectivity index (χ3n) is 16.6. The third-order valence-corrected chi connectivity index (χ3v) is 16.6. The van der Waals surface area contributed by atoms with E-state index in [1.165, 1.54) is 0 Å². The molecule has 0 aromatic rings. The van der Waals surface area contributed by atoms with Gasteiger partial charge in [0.15, 0.2) is 0 Å². The van der Waals surface area contributed by atoms with Crippen LogP contribution in [0, 0.1) is 60.6 Å². The number of ketones is 5. The number of carbonyl (C=O) groups excluding carboxylic acids is 10. The lowest BCUT2D eigenvalue weighted by molar-refractivity contribution is -0.142. The molecule has 0 aromatic carbocycles. The highest BCUT2D eigenvalue weighted by atomic mass is 16.2. The van der Waals surface area contributed by atoms with Crippen molar-refractivity contribution in [3.8, 4) is 0 Å². The standard InChI is InChI=1S/5C15H30N2O2/c1-14(2,3)11(13(19)15(4,5)6)10-12(18)17(7)9-8-16;1-14(2,3)11(10-12(18)15(4,5)6)13(19)17(7)9-8-16;1-14(2,3)12(18)8-9-13(19)17(7)11-10-16-15(4,5)6;1-14(2,3)11(16)10-17(7)13(19)9-8-12(18)15(4,5)6;1-14(2,3)11(10-16)17(7)13(19)9-8-12(18)15(4,5)6/h2*11H,8-10,16H2,1-7H3;16H,8-11H2,1-7H3;2*11H,8-10,16H2,1-7H3. The highest BCUT2D eigenvalue weighted by molar-refractivity contribution is 5.92. The van der Waals surface area contributed by atoms with E-state index in [0.717, 1.165) is 6.54 Å². The molecule has 0 rings (SSSR count). The summed E-state index contributed by atoms with van der Waals surface area (Å²) in [5.41, 5.74) is 20.3. The molecule has 20 nitrogen and oxygen atoms in total. The maximum absolute atomic E-state index is 12.5. The molecule has 0 aliphatic heterocycles. The van der Waals surface area contributed by atoms with Crippen molar-refractivity contribution in [3.05, 3.63) is 0 Å². The Morgan fingerprint density at radius 2 is 0.695 bits per heavy atom. The number of nitrogens with two attached hydrogens (primary N) is 4. The summed E-state index contributed by atoms with van der Waals surface area (Å²) in [5, 5.41) is 3.34. The minimum atomic E-state index is -0.426. The summed E-state index contributed by atoms with van der Waals surface area (Å²) < 4.78 is 0. The van der Waals surface area contributed by atoms with Crippen molar-refractivity contribution in [2.24, 2.45) is 83.5 Å². The van der Waals surface area contributed by atoms with Crippen LogP contribution < -0.4 is 28.3 Å². The molecule has 0 bridgehead atoms. The SMILES string of the molecule is CN(C(=O)CCC(=O)C(C)(C)C)C(CN)C(C)(C)C.CN(CC(N)C(C)(C)C)C(=O)CCC(=O)C(C)(C)C.CN(CCN)C(=O)C(CC(=O)C(C)(C)C)C(C)(C)C.CN(CCN)C(=O)CC(C(=O)C(C)(C)C)C(C)(C)C.CN(CCNC(C)(C)C)C(=O)CCC(=O)C(C)(C)C. The Labute approximate surface area is 581 Å². The van der Waals surface area contributed by atoms with Gasteiger partial charge in [-0.2, -0.15) is 0 Å². The topological polar surface area (TPSA) is 303 Å². The summed E-state index contributed by atoms with van der Waals surface area (Å²) in [7, 11) is 8.78. The molecule has 0 fully saturated rings. The van der Waals surface area contributed by atoms with E-state index in [1.807, 2.05) is 145 Å².